The van der Waals surface area contributed by atoms with E-state index in [1.165, 1.54) is 0 Å². The third-order valence-electron chi connectivity index (χ3n) is 4.60. The van der Waals surface area contributed by atoms with E-state index < -0.39 is 29.4 Å². The Labute approximate surface area is 127 Å². The Balaban J connectivity index is 1.80. The number of urea groups is 1. The molecule has 3 amide bonds. The first-order valence-electron chi connectivity index (χ1n) is 7.34. The van der Waals surface area contributed by atoms with Crippen molar-refractivity contribution in [2.75, 3.05) is 0 Å². The predicted octanol–water partition coefficient (Wildman–Crippen LogP) is 1.23. The fraction of sp³-hybridized carbons (Fsp3) is 0.438. The lowest BCUT2D eigenvalue weighted by molar-refractivity contribution is -0.139. The molecule has 6 heteroatoms. The van der Waals surface area contributed by atoms with Gasteiger partial charge in [-0.3, -0.25) is 14.9 Å². The van der Waals surface area contributed by atoms with Gasteiger partial charge in [-0.25, -0.2) is 4.79 Å². The van der Waals surface area contributed by atoms with Gasteiger partial charge in [-0.2, -0.15) is 0 Å². The molecule has 1 aliphatic carbocycles. The second kappa shape index (κ2) is 5.12. The minimum atomic E-state index is -1.09. The van der Waals surface area contributed by atoms with Crippen LogP contribution in [0, 0.1) is 18.8 Å². The summed E-state index contributed by atoms with van der Waals surface area (Å²) in [5, 5.41) is 14.1. The Bertz CT molecular complexity index is 657. The van der Waals surface area contributed by atoms with Gasteiger partial charge in [0.05, 0.1) is 5.92 Å². The number of rotatable bonds is 5. The lowest BCUT2D eigenvalue weighted by Crippen LogP contribution is -2.50. The summed E-state index contributed by atoms with van der Waals surface area (Å²) in [5.41, 5.74) is 1.10. The minimum absolute atomic E-state index is 0.332. The minimum Gasteiger partial charge on any atom is -0.481 e. The average Bonchev–Trinajstić information content (AvgIpc) is 3.19. The lowest BCUT2D eigenvalue weighted by Gasteiger charge is -2.26. The van der Waals surface area contributed by atoms with Crippen molar-refractivity contribution >= 4 is 17.9 Å². The van der Waals surface area contributed by atoms with Gasteiger partial charge in [0.25, 0.3) is 5.91 Å². The number of imide groups is 1. The highest BCUT2D eigenvalue weighted by Gasteiger charge is 2.62. The monoisotopic (exact) mass is 302 g/mol. The first-order chi connectivity index (χ1) is 10.4. The molecule has 3 N–H and O–H groups in total. The highest BCUT2D eigenvalue weighted by Crippen LogP contribution is 2.49. The fourth-order valence-corrected chi connectivity index (χ4v) is 3.35. The van der Waals surface area contributed by atoms with E-state index in [4.69, 9.17) is 5.11 Å². The third-order valence-corrected chi connectivity index (χ3v) is 4.60. The molecule has 1 saturated heterocycles. The SMILES string of the molecule is Cc1cccc(CC[C@@]2([C@@H]3C[C@H]3C(=O)O)NC(=O)NC2=O)c1. The van der Waals surface area contributed by atoms with Crippen LogP contribution in [-0.2, 0) is 16.0 Å². The molecule has 2 aliphatic rings. The Kier molecular flexibility index (Phi) is 3.39. The predicted molar refractivity (Wildman–Crippen MR) is 78.1 cm³/mol. The topological polar surface area (TPSA) is 95.5 Å². The number of nitrogens with one attached hydrogen (secondary N) is 2. The molecule has 0 bridgehead atoms. The van der Waals surface area contributed by atoms with Crippen molar-refractivity contribution in [3.05, 3.63) is 35.4 Å². The van der Waals surface area contributed by atoms with Gasteiger partial charge in [0.15, 0.2) is 0 Å². The molecule has 2 fully saturated rings. The van der Waals surface area contributed by atoms with Crippen LogP contribution in [-0.4, -0.2) is 28.6 Å². The number of carboxylic acids is 1. The van der Waals surface area contributed by atoms with Crippen molar-refractivity contribution in [3.63, 3.8) is 0 Å². The number of aliphatic carboxylic acids is 1. The lowest BCUT2D eigenvalue weighted by atomic mass is 9.85. The first-order valence-corrected chi connectivity index (χ1v) is 7.34. The summed E-state index contributed by atoms with van der Waals surface area (Å²) in [4.78, 5) is 34.9. The van der Waals surface area contributed by atoms with Crippen LogP contribution < -0.4 is 10.6 Å². The maximum Gasteiger partial charge on any atom is 0.322 e. The van der Waals surface area contributed by atoms with Crippen LogP contribution in [0.5, 0.6) is 0 Å². The third kappa shape index (κ3) is 2.45. The van der Waals surface area contributed by atoms with Crippen LogP contribution in [0.3, 0.4) is 0 Å². The molecule has 0 radical (unpaired) electrons. The molecule has 3 atom stereocenters. The number of benzene rings is 1. The Morgan fingerprint density at radius 3 is 2.73 bits per heavy atom. The molecule has 3 rings (SSSR count). The number of amides is 3. The quantitative estimate of drug-likeness (QED) is 0.713. The molecule has 1 aromatic carbocycles. The van der Waals surface area contributed by atoms with Gasteiger partial charge in [-0.1, -0.05) is 29.8 Å². The molecule has 116 valence electrons. The molecule has 0 unspecified atom stereocenters. The summed E-state index contributed by atoms with van der Waals surface area (Å²) < 4.78 is 0. The van der Waals surface area contributed by atoms with E-state index in [9.17, 15) is 14.4 Å². The van der Waals surface area contributed by atoms with E-state index in [1.807, 2.05) is 31.2 Å². The van der Waals surface area contributed by atoms with Crippen molar-refractivity contribution < 1.29 is 19.5 Å². The number of carbonyl (C=O) groups excluding carboxylic acids is 2. The maximum absolute atomic E-state index is 12.3. The van der Waals surface area contributed by atoms with Crippen LogP contribution in [0.4, 0.5) is 4.79 Å². The van der Waals surface area contributed by atoms with E-state index in [0.717, 1.165) is 11.1 Å². The summed E-state index contributed by atoms with van der Waals surface area (Å²) in [6, 6.07) is 7.40. The highest BCUT2D eigenvalue weighted by molar-refractivity contribution is 6.07. The second-order valence-electron chi connectivity index (χ2n) is 6.16. The van der Waals surface area contributed by atoms with Gasteiger partial charge in [-0.15, -0.1) is 0 Å². The van der Waals surface area contributed by atoms with Gasteiger partial charge >= 0.3 is 12.0 Å². The average molecular weight is 302 g/mol. The molecule has 0 spiro atoms. The van der Waals surface area contributed by atoms with Crippen LogP contribution in [0.25, 0.3) is 0 Å². The van der Waals surface area contributed by atoms with Crippen LogP contribution in [0.15, 0.2) is 24.3 Å². The largest absolute Gasteiger partial charge is 0.481 e. The molecule has 1 aliphatic heterocycles. The van der Waals surface area contributed by atoms with Crippen molar-refractivity contribution in [3.8, 4) is 0 Å². The second-order valence-corrected chi connectivity index (χ2v) is 6.16. The van der Waals surface area contributed by atoms with Crippen molar-refractivity contribution in [1.82, 2.24) is 10.6 Å². The first kappa shape index (κ1) is 14.6. The smallest absolute Gasteiger partial charge is 0.322 e. The highest BCUT2D eigenvalue weighted by atomic mass is 16.4. The molecule has 6 nitrogen and oxygen atoms in total. The zero-order valence-corrected chi connectivity index (χ0v) is 12.3. The maximum atomic E-state index is 12.3. The zero-order chi connectivity index (χ0) is 15.9. The van der Waals surface area contributed by atoms with Crippen LogP contribution in [0.2, 0.25) is 0 Å². The Morgan fingerprint density at radius 2 is 2.18 bits per heavy atom. The summed E-state index contributed by atoms with van der Waals surface area (Å²) in [5.74, 6) is -2.20. The van der Waals surface area contributed by atoms with Gasteiger partial charge < -0.3 is 10.4 Å². The molecule has 22 heavy (non-hydrogen) atoms. The molecule has 1 saturated carbocycles. The van der Waals surface area contributed by atoms with Crippen molar-refractivity contribution in [2.45, 2.75) is 31.7 Å². The molecular formula is C16H18N2O4. The van der Waals surface area contributed by atoms with E-state index in [1.54, 1.807) is 0 Å². The number of hydrogen-bond donors (Lipinski definition) is 3. The van der Waals surface area contributed by atoms with Gasteiger partial charge in [0, 0.05) is 5.92 Å². The van der Waals surface area contributed by atoms with E-state index in [-0.39, 0.29) is 5.92 Å². The van der Waals surface area contributed by atoms with E-state index in [2.05, 4.69) is 10.6 Å². The Morgan fingerprint density at radius 1 is 1.41 bits per heavy atom. The van der Waals surface area contributed by atoms with Crippen LogP contribution >= 0.6 is 0 Å². The number of carboxylic acid groups (broad SMARTS) is 1. The molecule has 1 aromatic rings. The normalized spacial score (nSPS) is 29.9. The Hall–Kier alpha value is -2.37. The van der Waals surface area contributed by atoms with Crippen molar-refractivity contribution in [2.24, 2.45) is 11.8 Å². The summed E-state index contributed by atoms with van der Waals surface area (Å²) in [7, 11) is 0. The van der Waals surface area contributed by atoms with Gasteiger partial charge in [-0.05, 0) is 31.7 Å². The molecular weight excluding hydrogens is 284 g/mol. The van der Waals surface area contributed by atoms with E-state index in [0.29, 0.717) is 19.3 Å². The summed E-state index contributed by atoms with van der Waals surface area (Å²) in [6.45, 7) is 1.99. The zero-order valence-electron chi connectivity index (χ0n) is 12.3. The summed E-state index contributed by atoms with van der Waals surface area (Å²) in [6.07, 6.45) is 1.44. The van der Waals surface area contributed by atoms with Gasteiger partial charge in [0.2, 0.25) is 0 Å². The summed E-state index contributed by atoms with van der Waals surface area (Å²) >= 11 is 0. The molecule has 1 heterocycles. The number of hydrogen-bond acceptors (Lipinski definition) is 3. The van der Waals surface area contributed by atoms with Gasteiger partial charge in [0.1, 0.15) is 5.54 Å². The number of aryl methyl sites for hydroxylation is 2. The fourth-order valence-electron chi connectivity index (χ4n) is 3.35. The number of carbonyl (C=O) groups is 3. The van der Waals surface area contributed by atoms with E-state index >= 15 is 0 Å². The van der Waals surface area contributed by atoms with Crippen molar-refractivity contribution in [1.29, 1.82) is 0 Å². The standard InChI is InChI=1S/C16H18N2O4/c1-9-3-2-4-10(7-9)5-6-16(12-8-11(12)13(19)20)14(21)17-15(22)18-16/h2-4,7,11-12H,5-6,8H2,1H3,(H,19,20)(H2,17,18,21,22)/t11-,12-,16+/m1/s1. The molecule has 0 aromatic heterocycles. The van der Waals surface area contributed by atoms with Crippen LogP contribution in [0.1, 0.15) is 24.0 Å².